The van der Waals surface area contributed by atoms with E-state index >= 15 is 0 Å². The topological polar surface area (TPSA) is 56.3 Å². The van der Waals surface area contributed by atoms with Gasteiger partial charge in [-0.25, -0.2) is 0 Å². The lowest BCUT2D eigenvalue weighted by Gasteiger charge is -2.37. The minimum atomic E-state index is 0.0849. The molecule has 0 atom stereocenters. The predicted octanol–water partition coefficient (Wildman–Crippen LogP) is 1.03. The number of halogens is 1. The van der Waals surface area contributed by atoms with E-state index in [1.165, 1.54) is 0 Å². The third-order valence-electron chi connectivity index (χ3n) is 5.40. The van der Waals surface area contributed by atoms with Crippen LogP contribution in [0.2, 0.25) is 5.02 Å². The van der Waals surface area contributed by atoms with Crippen LogP contribution >= 0.6 is 11.6 Å². The first-order chi connectivity index (χ1) is 13.5. The summed E-state index contributed by atoms with van der Waals surface area (Å²) in [4.78, 5) is 32.2. The molecule has 2 amide bonds. The molecule has 2 fully saturated rings. The van der Waals surface area contributed by atoms with Crippen molar-refractivity contribution in [3.63, 3.8) is 0 Å². The highest BCUT2D eigenvalue weighted by Crippen LogP contribution is 2.22. The Labute approximate surface area is 171 Å². The standard InChI is InChI=1S/C20H29ClN4O3/c1-17(26)24-10-12-25(13-11-24)20(27)16-23-8-6-22(7-9-23)14-15-28-19-5-3-2-4-18(19)21/h2-5H,6-16H2,1H3. The van der Waals surface area contributed by atoms with E-state index in [0.29, 0.717) is 44.4 Å². The van der Waals surface area contributed by atoms with Crippen molar-refractivity contribution >= 4 is 23.4 Å². The third-order valence-corrected chi connectivity index (χ3v) is 5.72. The molecule has 0 bridgehead atoms. The largest absolute Gasteiger partial charge is 0.491 e. The fourth-order valence-electron chi connectivity index (χ4n) is 3.58. The molecule has 0 N–H and O–H groups in total. The summed E-state index contributed by atoms with van der Waals surface area (Å²) in [5.74, 6) is 0.971. The van der Waals surface area contributed by atoms with E-state index < -0.39 is 0 Å². The summed E-state index contributed by atoms with van der Waals surface area (Å²) >= 11 is 6.10. The normalized spacial score (nSPS) is 18.9. The lowest BCUT2D eigenvalue weighted by molar-refractivity contribution is -0.139. The van der Waals surface area contributed by atoms with Crippen molar-refractivity contribution in [1.82, 2.24) is 19.6 Å². The zero-order chi connectivity index (χ0) is 19.9. The number of carbonyl (C=O) groups is 2. The number of piperazine rings is 2. The summed E-state index contributed by atoms with van der Waals surface area (Å²) < 4.78 is 5.76. The molecule has 2 aliphatic rings. The number of carbonyl (C=O) groups excluding carboxylic acids is 2. The van der Waals surface area contributed by atoms with Gasteiger partial charge in [0.15, 0.2) is 0 Å². The first kappa shape index (κ1) is 20.9. The lowest BCUT2D eigenvalue weighted by atomic mass is 10.2. The molecule has 0 radical (unpaired) electrons. The molecule has 0 unspecified atom stereocenters. The maximum atomic E-state index is 12.5. The Balaban J connectivity index is 1.32. The van der Waals surface area contributed by atoms with Gasteiger partial charge in [0.2, 0.25) is 11.8 Å². The van der Waals surface area contributed by atoms with Gasteiger partial charge in [-0.1, -0.05) is 23.7 Å². The van der Waals surface area contributed by atoms with E-state index in [1.807, 2.05) is 29.2 Å². The number of nitrogens with zero attached hydrogens (tertiary/aromatic N) is 4. The Hall–Kier alpha value is -1.83. The second kappa shape index (κ2) is 10.1. The van der Waals surface area contributed by atoms with Crippen molar-refractivity contribution in [3.05, 3.63) is 29.3 Å². The van der Waals surface area contributed by atoms with Crippen molar-refractivity contribution in [2.24, 2.45) is 0 Å². The van der Waals surface area contributed by atoms with Crippen LogP contribution in [0.1, 0.15) is 6.92 Å². The van der Waals surface area contributed by atoms with Crippen molar-refractivity contribution in [3.8, 4) is 5.75 Å². The van der Waals surface area contributed by atoms with Crippen molar-refractivity contribution in [2.45, 2.75) is 6.92 Å². The Bertz CT molecular complexity index is 671. The summed E-state index contributed by atoms with van der Waals surface area (Å²) in [5.41, 5.74) is 0. The van der Waals surface area contributed by atoms with Crippen LogP contribution in [0.15, 0.2) is 24.3 Å². The number of ether oxygens (including phenoxy) is 1. The van der Waals surface area contributed by atoms with Gasteiger partial charge in [0.1, 0.15) is 12.4 Å². The Morgan fingerprint density at radius 1 is 0.929 bits per heavy atom. The molecule has 1 aromatic rings. The fraction of sp³-hybridized carbons (Fsp3) is 0.600. The average molecular weight is 409 g/mol. The SMILES string of the molecule is CC(=O)N1CCN(C(=O)CN2CCN(CCOc3ccccc3Cl)CC2)CC1. The summed E-state index contributed by atoms with van der Waals surface area (Å²) in [6.45, 7) is 9.66. The monoisotopic (exact) mass is 408 g/mol. The van der Waals surface area contributed by atoms with Crippen LogP contribution in [0.4, 0.5) is 0 Å². The van der Waals surface area contributed by atoms with Crippen molar-refractivity contribution in [2.75, 3.05) is 72.1 Å². The number of para-hydroxylation sites is 1. The van der Waals surface area contributed by atoms with Crippen LogP contribution in [-0.2, 0) is 9.59 Å². The number of benzene rings is 1. The summed E-state index contributed by atoms with van der Waals surface area (Å²) in [6.07, 6.45) is 0. The summed E-state index contributed by atoms with van der Waals surface area (Å²) in [5, 5.41) is 0.634. The minimum Gasteiger partial charge on any atom is -0.491 e. The van der Waals surface area contributed by atoms with Crippen molar-refractivity contribution in [1.29, 1.82) is 0 Å². The van der Waals surface area contributed by atoms with E-state index in [4.69, 9.17) is 16.3 Å². The molecule has 0 aliphatic carbocycles. The Morgan fingerprint density at radius 3 is 2.18 bits per heavy atom. The van der Waals surface area contributed by atoms with Crippen LogP contribution in [0.25, 0.3) is 0 Å². The van der Waals surface area contributed by atoms with Crippen LogP contribution in [0.3, 0.4) is 0 Å². The lowest BCUT2D eigenvalue weighted by Crippen LogP contribution is -2.54. The quantitative estimate of drug-likeness (QED) is 0.703. The molecule has 0 saturated carbocycles. The average Bonchev–Trinajstić information content (AvgIpc) is 2.71. The van der Waals surface area contributed by atoms with Gasteiger partial charge in [-0.2, -0.15) is 0 Å². The molecule has 0 aromatic heterocycles. The van der Waals surface area contributed by atoms with Crippen LogP contribution in [0, 0.1) is 0 Å². The van der Waals surface area contributed by atoms with Gasteiger partial charge >= 0.3 is 0 Å². The van der Waals surface area contributed by atoms with Gasteiger partial charge in [0, 0.05) is 65.8 Å². The van der Waals surface area contributed by atoms with Crippen molar-refractivity contribution < 1.29 is 14.3 Å². The minimum absolute atomic E-state index is 0.0849. The van der Waals surface area contributed by atoms with E-state index in [1.54, 1.807) is 11.8 Å². The highest BCUT2D eigenvalue weighted by molar-refractivity contribution is 6.32. The van der Waals surface area contributed by atoms with E-state index in [2.05, 4.69) is 9.80 Å². The van der Waals surface area contributed by atoms with Gasteiger partial charge in [-0.15, -0.1) is 0 Å². The predicted molar refractivity (Wildman–Crippen MR) is 109 cm³/mol. The molecule has 154 valence electrons. The molecular weight excluding hydrogens is 380 g/mol. The number of hydrogen-bond donors (Lipinski definition) is 0. The van der Waals surface area contributed by atoms with Gasteiger partial charge in [-0.3, -0.25) is 19.4 Å². The second-order valence-electron chi connectivity index (χ2n) is 7.28. The smallest absolute Gasteiger partial charge is 0.236 e. The van der Waals surface area contributed by atoms with Gasteiger partial charge < -0.3 is 14.5 Å². The highest BCUT2D eigenvalue weighted by Gasteiger charge is 2.25. The molecule has 7 nitrogen and oxygen atoms in total. The van der Waals surface area contributed by atoms with Crippen LogP contribution < -0.4 is 4.74 Å². The number of hydrogen-bond acceptors (Lipinski definition) is 5. The van der Waals surface area contributed by atoms with E-state index in [0.717, 1.165) is 38.5 Å². The molecule has 2 aliphatic heterocycles. The van der Waals surface area contributed by atoms with Gasteiger partial charge in [-0.05, 0) is 12.1 Å². The van der Waals surface area contributed by atoms with Crippen LogP contribution in [0.5, 0.6) is 5.75 Å². The molecule has 0 spiro atoms. The molecule has 28 heavy (non-hydrogen) atoms. The maximum absolute atomic E-state index is 12.5. The van der Waals surface area contributed by atoms with E-state index in [-0.39, 0.29) is 11.8 Å². The van der Waals surface area contributed by atoms with E-state index in [9.17, 15) is 9.59 Å². The molecule has 2 heterocycles. The second-order valence-corrected chi connectivity index (χ2v) is 7.69. The molecule has 3 rings (SSSR count). The Kier molecular flexibility index (Phi) is 7.53. The summed E-state index contributed by atoms with van der Waals surface area (Å²) in [6, 6.07) is 7.50. The molecular formula is C20H29ClN4O3. The molecule has 2 saturated heterocycles. The van der Waals surface area contributed by atoms with Gasteiger partial charge in [0.05, 0.1) is 11.6 Å². The maximum Gasteiger partial charge on any atom is 0.236 e. The number of rotatable bonds is 6. The zero-order valence-corrected chi connectivity index (χ0v) is 17.2. The Morgan fingerprint density at radius 2 is 1.54 bits per heavy atom. The first-order valence-corrected chi connectivity index (χ1v) is 10.3. The van der Waals surface area contributed by atoms with Gasteiger partial charge in [0.25, 0.3) is 0 Å². The highest BCUT2D eigenvalue weighted by atomic mass is 35.5. The summed E-state index contributed by atoms with van der Waals surface area (Å²) in [7, 11) is 0. The van der Waals surface area contributed by atoms with Crippen LogP contribution in [-0.4, -0.2) is 103 Å². The third kappa shape index (κ3) is 5.83. The zero-order valence-electron chi connectivity index (χ0n) is 16.5. The molecule has 8 heteroatoms. The number of amides is 2. The molecule has 1 aromatic carbocycles. The fourth-order valence-corrected chi connectivity index (χ4v) is 3.77. The first-order valence-electron chi connectivity index (χ1n) is 9.88.